The third-order valence-corrected chi connectivity index (χ3v) is 5.23. The zero-order valence-electron chi connectivity index (χ0n) is 15.2. The van der Waals surface area contributed by atoms with E-state index in [1.165, 1.54) is 0 Å². The first-order valence-corrected chi connectivity index (χ1v) is 9.29. The average molecular weight is 358 g/mol. The highest BCUT2D eigenvalue weighted by molar-refractivity contribution is 5.78. The monoisotopic (exact) mass is 358 g/mol. The molecule has 1 aromatic heterocycles. The van der Waals surface area contributed by atoms with E-state index in [-0.39, 0.29) is 5.91 Å². The van der Waals surface area contributed by atoms with E-state index < -0.39 is 5.60 Å². The highest BCUT2D eigenvalue weighted by Crippen LogP contribution is 2.21. The van der Waals surface area contributed by atoms with Crippen molar-refractivity contribution in [3.63, 3.8) is 0 Å². The molecule has 0 saturated carbocycles. The van der Waals surface area contributed by atoms with Gasteiger partial charge in [0.1, 0.15) is 11.4 Å². The Kier molecular flexibility index (Phi) is 4.93. The molecule has 2 fully saturated rings. The fraction of sp³-hybridized carbons (Fsp3) is 0.579. The molecular weight excluding hydrogens is 332 g/mol. The number of hydrogen-bond donors (Lipinski definition) is 1. The van der Waals surface area contributed by atoms with Crippen LogP contribution < -0.4 is 5.32 Å². The number of rotatable bonds is 3. The zero-order valence-corrected chi connectivity index (χ0v) is 15.2. The first kappa shape index (κ1) is 17.5. The predicted octanol–water partition coefficient (Wildman–Crippen LogP) is 0.952. The number of aromatic nitrogens is 2. The summed E-state index contributed by atoms with van der Waals surface area (Å²) in [5.74, 6) is 1.10. The molecule has 2 aliphatic heterocycles. The van der Waals surface area contributed by atoms with E-state index >= 15 is 0 Å². The number of amides is 1. The number of hydrogen-bond acceptors (Lipinski definition) is 5. The maximum absolute atomic E-state index is 12.8. The fourth-order valence-corrected chi connectivity index (χ4v) is 3.87. The molecule has 2 aromatic rings. The Morgan fingerprint density at radius 2 is 2.23 bits per heavy atom. The highest BCUT2D eigenvalue weighted by atomic mass is 16.5. The molecule has 0 aliphatic carbocycles. The van der Waals surface area contributed by atoms with Crippen LogP contribution in [0.4, 0.5) is 0 Å². The number of benzene rings is 1. The highest BCUT2D eigenvalue weighted by Gasteiger charge is 2.39. The van der Waals surface area contributed by atoms with Gasteiger partial charge in [0.2, 0.25) is 5.91 Å². The van der Waals surface area contributed by atoms with Crippen LogP contribution in [0.2, 0.25) is 0 Å². The van der Waals surface area contributed by atoms with Gasteiger partial charge in [0.15, 0.2) is 0 Å². The molecule has 1 spiro atoms. The molecular formula is C19H26N4O3. The predicted molar refractivity (Wildman–Crippen MR) is 98.0 cm³/mol. The maximum Gasteiger partial charge on any atom is 0.224 e. The van der Waals surface area contributed by atoms with Gasteiger partial charge < -0.3 is 24.3 Å². The molecule has 26 heavy (non-hydrogen) atoms. The summed E-state index contributed by atoms with van der Waals surface area (Å²) < 4.78 is 13.8. The number of aryl methyl sites for hydroxylation is 2. The molecule has 7 heteroatoms. The second kappa shape index (κ2) is 7.34. The van der Waals surface area contributed by atoms with E-state index in [2.05, 4.69) is 20.9 Å². The first-order valence-electron chi connectivity index (χ1n) is 9.29. The van der Waals surface area contributed by atoms with Crippen molar-refractivity contribution >= 4 is 16.9 Å². The van der Waals surface area contributed by atoms with Crippen LogP contribution in [0.5, 0.6) is 0 Å². The number of para-hydroxylation sites is 2. The van der Waals surface area contributed by atoms with Gasteiger partial charge >= 0.3 is 0 Å². The number of nitrogens with one attached hydrogen (secondary N) is 1. The van der Waals surface area contributed by atoms with Gasteiger partial charge in [-0.1, -0.05) is 12.1 Å². The summed E-state index contributed by atoms with van der Waals surface area (Å²) in [5, 5.41) is 3.35. The summed E-state index contributed by atoms with van der Waals surface area (Å²) in [7, 11) is 0. The molecule has 4 rings (SSSR count). The van der Waals surface area contributed by atoms with Crippen molar-refractivity contribution in [3.05, 3.63) is 30.1 Å². The van der Waals surface area contributed by atoms with Crippen LogP contribution >= 0.6 is 0 Å². The number of carbonyl (C=O) groups is 1. The lowest BCUT2D eigenvalue weighted by Crippen LogP contribution is -2.59. The van der Waals surface area contributed by atoms with Gasteiger partial charge in [-0.05, 0) is 19.1 Å². The van der Waals surface area contributed by atoms with Gasteiger partial charge in [-0.2, -0.15) is 0 Å². The van der Waals surface area contributed by atoms with Crippen molar-refractivity contribution in [2.75, 3.05) is 46.0 Å². The Balaban J connectivity index is 1.42. The lowest BCUT2D eigenvalue weighted by atomic mass is 10.0. The molecule has 0 radical (unpaired) electrons. The quantitative estimate of drug-likeness (QED) is 0.885. The van der Waals surface area contributed by atoms with Gasteiger partial charge in [-0.15, -0.1) is 0 Å². The number of imidazole rings is 1. The number of carbonyl (C=O) groups excluding carboxylic acids is 1. The van der Waals surface area contributed by atoms with Gasteiger partial charge in [-0.3, -0.25) is 4.79 Å². The second-order valence-electron chi connectivity index (χ2n) is 7.13. The Bertz CT molecular complexity index is 780. The number of nitrogens with zero attached hydrogens (tertiary/aromatic N) is 3. The molecule has 2 aliphatic rings. The van der Waals surface area contributed by atoms with Crippen molar-refractivity contribution in [1.29, 1.82) is 0 Å². The third kappa shape index (κ3) is 3.47. The SMILES string of the molecule is Cc1nc2ccccc2n1CCC(=O)N1CCO[C@@]2(CNCCOC2)C1. The molecule has 1 aromatic carbocycles. The third-order valence-electron chi connectivity index (χ3n) is 5.23. The van der Waals surface area contributed by atoms with Crippen molar-refractivity contribution in [1.82, 2.24) is 19.8 Å². The minimum atomic E-state index is -0.415. The topological polar surface area (TPSA) is 68.6 Å². The summed E-state index contributed by atoms with van der Waals surface area (Å²) in [5.41, 5.74) is 1.64. The van der Waals surface area contributed by atoms with Gasteiger partial charge in [0.25, 0.3) is 0 Å². The summed E-state index contributed by atoms with van der Waals surface area (Å²) in [4.78, 5) is 19.3. The Hall–Kier alpha value is -1.96. The number of ether oxygens (including phenoxy) is 2. The fourth-order valence-electron chi connectivity index (χ4n) is 3.87. The van der Waals surface area contributed by atoms with Crippen molar-refractivity contribution in [2.24, 2.45) is 0 Å². The van der Waals surface area contributed by atoms with Crippen molar-refractivity contribution in [3.8, 4) is 0 Å². The van der Waals surface area contributed by atoms with E-state index in [9.17, 15) is 4.79 Å². The first-order chi connectivity index (χ1) is 12.7. The number of fused-ring (bicyclic) bond motifs is 1. The Morgan fingerprint density at radius 1 is 1.35 bits per heavy atom. The Morgan fingerprint density at radius 3 is 3.15 bits per heavy atom. The Labute approximate surface area is 153 Å². The smallest absolute Gasteiger partial charge is 0.224 e. The minimum Gasteiger partial charge on any atom is -0.377 e. The standard InChI is InChI=1S/C19H26N4O3/c1-15-21-16-4-2-3-5-17(16)23(15)8-6-18(24)22-9-11-26-19(13-22)12-20-7-10-25-14-19/h2-5,20H,6-14H2,1H3/t19-/m0/s1. The van der Waals surface area contributed by atoms with Crippen LogP contribution in [-0.4, -0.2) is 72.0 Å². The van der Waals surface area contributed by atoms with E-state index in [0.29, 0.717) is 45.9 Å². The van der Waals surface area contributed by atoms with Crippen LogP contribution in [0.1, 0.15) is 12.2 Å². The number of morpholine rings is 1. The molecule has 0 bridgehead atoms. The lowest BCUT2D eigenvalue weighted by molar-refractivity contribution is -0.158. The molecule has 1 atom stereocenters. The lowest BCUT2D eigenvalue weighted by Gasteiger charge is -2.41. The van der Waals surface area contributed by atoms with Gasteiger partial charge in [-0.25, -0.2) is 4.98 Å². The molecule has 3 heterocycles. The van der Waals surface area contributed by atoms with Gasteiger partial charge in [0.05, 0.1) is 37.4 Å². The average Bonchev–Trinajstić information content (AvgIpc) is 2.81. The van der Waals surface area contributed by atoms with Gasteiger partial charge in [0, 0.05) is 32.6 Å². The molecule has 140 valence electrons. The maximum atomic E-state index is 12.8. The van der Waals surface area contributed by atoms with E-state index in [1.807, 2.05) is 30.0 Å². The van der Waals surface area contributed by atoms with Crippen molar-refractivity contribution < 1.29 is 14.3 Å². The molecule has 1 amide bonds. The molecule has 2 saturated heterocycles. The van der Waals surface area contributed by atoms with E-state index in [4.69, 9.17) is 9.47 Å². The zero-order chi connectivity index (χ0) is 18.0. The summed E-state index contributed by atoms with van der Waals surface area (Å²) in [6.07, 6.45) is 0.464. The van der Waals surface area contributed by atoms with E-state index in [0.717, 1.165) is 29.9 Å². The largest absolute Gasteiger partial charge is 0.377 e. The van der Waals surface area contributed by atoms with Crippen LogP contribution in [0.15, 0.2) is 24.3 Å². The molecule has 0 unspecified atom stereocenters. The van der Waals surface area contributed by atoms with Crippen LogP contribution in [0.3, 0.4) is 0 Å². The molecule has 7 nitrogen and oxygen atoms in total. The van der Waals surface area contributed by atoms with Crippen molar-refractivity contribution in [2.45, 2.75) is 25.5 Å². The summed E-state index contributed by atoms with van der Waals surface area (Å²) >= 11 is 0. The van der Waals surface area contributed by atoms with Crippen LogP contribution in [-0.2, 0) is 20.8 Å². The van der Waals surface area contributed by atoms with Crippen LogP contribution in [0.25, 0.3) is 11.0 Å². The summed E-state index contributed by atoms with van der Waals surface area (Å²) in [6.45, 7) is 7.19. The normalized spacial score (nSPS) is 24.1. The van der Waals surface area contributed by atoms with E-state index in [1.54, 1.807) is 0 Å². The second-order valence-corrected chi connectivity index (χ2v) is 7.13. The summed E-state index contributed by atoms with van der Waals surface area (Å²) in [6, 6.07) is 8.05. The van der Waals surface area contributed by atoms with Crippen LogP contribution in [0, 0.1) is 6.92 Å². The molecule has 1 N–H and O–H groups in total. The minimum absolute atomic E-state index is 0.161.